The van der Waals surface area contributed by atoms with Crippen LogP contribution in [0.2, 0.25) is 0 Å². The van der Waals surface area contributed by atoms with Crippen molar-refractivity contribution >= 4 is 22.7 Å². The van der Waals surface area contributed by atoms with Crippen molar-refractivity contribution in [2.24, 2.45) is 0 Å². The fraction of sp³-hybridized carbons (Fsp3) is 0.200. The lowest BCUT2D eigenvalue weighted by Gasteiger charge is -2.11. The van der Waals surface area contributed by atoms with Crippen LogP contribution < -0.4 is 14.8 Å². The van der Waals surface area contributed by atoms with Gasteiger partial charge in [0.05, 0.1) is 25.3 Å². The van der Waals surface area contributed by atoms with Gasteiger partial charge in [-0.2, -0.15) is 9.97 Å². The lowest BCUT2D eigenvalue weighted by atomic mass is 10.2. The van der Waals surface area contributed by atoms with Crippen LogP contribution in [0.25, 0.3) is 11.0 Å². The van der Waals surface area contributed by atoms with Crippen LogP contribution in [0.5, 0.6) is 11.6 Å². The van der Waals surface area contributed by atoms with Crippen molar-refractivity contribution in [3.63, 3.8) is 0 Å². The fourth-order valence-electron chi connectivity index (χ4n) is 2.15. The Kier molecular flexibility index (Phi) is 3.35. The Morgan fingerprint density at radius 2 is 1.95 bits per heavy atom. The van der Waals surface area contributed by atoms with Gasteiger partial charge in [-0.15, -0.1) is 0 Å². The van der Waals surface area contributed by atoms with Crippen LogP contribution in [-0.4, -0.2) is 29.2 Å². The molecule has 0 aliphatic rings. The van der Waals surface area contributed by atoms with E-state index in [0.29, 0.717) is 11.8 Å². The van der Waals surface area contributed by atoms with Crippen LogP contribution in [0.3, 0.4) is 0 Å². The highest BCUT2D eigenvalue weighted by Crippen LogP contribution is 2.29. The Morgan fingerprint density at radius 1 is 1.10 bits per heavy atom. The van der Waals surface area contributed by atoms with Gasteiger partial charge in [0.15, 0.2) is 0 Å². The summed E-state index contributed by atoms with van der Waals surface area (Å²) in [6, 6.07) is 7.76. The molecular formula is C15H16N4O2. The first-order valence-corrected chi connectivity index (χ1v) is 6.52. The average Bonchev–Trinajstić information content (AvgIpc) is 2.96. The normalized spacial score (nSPS) is 10.6. The third kappa shape index (κ3) is 2.47. The summed E-state index contributed by atoms with van der Waals surface area (Å²) in [6.45, 7) is 2.01. The second kappa shape index (κ2) is 5.32. The quantitative estimate of drug-likeness (QED) is 0.770. The first-order chi connectivity index (χ1) is 10.2. The molecule has 0 amide bonds. The van der Waals surface area contributed by atoms with E-state index in [1.807, 2.05) is 31.2 Å². The van der Waals surface area contributed by atoms with Gasteiger partial charge >= 0.3 is 0 Å². The van der Waals surface area contributed by atoms with Crippen molar-refractivity contribution in [1.29, 1.82) is 0 Å². The minimum absolute atomic E-state index is 0.448. The number of hydrogen-bond acceptors (Lipinski definition) is 5. The second-order valence-electron chi connectivity index (χ2n) is 4.63. The standard InChI is InChI=1S/C15H16N4O2/c1-9-4-5-11(12(8-9)20-2)17-15-18-13-10(6-7-16-13)14(19-15)21-3/h4-8H,1-3H3,(H2,16,17,18,19). The monoisotopic (exact) mass is 284 g/mol. The number of H-pyrrole nitrogens is 1. The van der Waals surface area contributed by atoms with E-state index < -0.39 is 0 Å². The molecule has 0 fully saturated rings. The summed E-state index contributed by atoms with van der Waals surface area (Å²) >= 11 is 0. The number of ether oxygens (including phenoxy) is 2. The zero-order valence-corrected chi connectivity index (χ0v) is 12.1. The molecule has 0 saturated heterocycles. The van der Waals surface area contributed by atoms with E-state index in [9.17, 15) is 0 Å². The Labute approximate surface area is 122 Å². The van der Waals surface area contributed by atoms with Gasteiger partial charge in [-0.05, 0) is 30.7 Å². The predicted octanol–water partition coefficient (Wildman–Crippen LogP) is 3.03. The predicted molar refractivity (Wildman–Crippen MR) is 81.5 cm³/mol. The number of benzene rings is 1. The molecule has 0 aliphatic heterocycles. The number of nitrogens with one attached hydrogen (secondary N) is 2. The number of aromatic nitrogens is 3. The number of anilines is 2. The van der Waals surface area contributed by atoms with Crippen molar-refractivity contribution in [3.05, 3.63) is 36.0 Å². The molecule has 21 heavy (non-hydrogen) atoms. The highest BCUT2D eigenvalue weighted by molar-refractivity contribution is 5.82. The minimum Gasteiger partial charge on any atom is -0.495 e. The van der Waals surface area contributed by atoms with Gasteiger partial charge in [0.25, 0.3) is 0 Å². The van der Waals surface area contributed by atoms with E-state index in [2.05, 4.69) is 20.3 Å². The molecule has 6 heteroatoms. The first-order valence-electron chi connectivity index (χ1n) is 6.52. The van der Waals surface area contributed by atoms with Crippen LogP contribution in [0.4, 0.5) is 11.6 Å². The van der Waals surface area contributed by atoms with Gasteiger partial charge in [-0.1, -0.05) is 6.07 Å². The summed E-state index contributed by atoms with van der Waals surface area (Å²) in [5.74, 6) is 1.71. The molecule has 0 atom stereocenters. The Morgan fingerprint density at radius 3 is 2.71 bits per heavy atom. The maximum absolute atomic E-state index is 5.37. The maximum atomic E-state index is 5.37. The van der Waals surface area contributed by atoms with Crippen molar-refractivity contribution < 1.29 is 9.47 Å². The highest BCUT2D eigenvalue weighted by atomic mass is 16.5. The number of rotatable bonds is 4. The van der Waals surface area contributed by atoms with E-state index in [4.69, 9.17) is 9.47 Å². The molecule has 6 nitrogen and oxygen atoms in total. The summed E-state index contributed by atoms with van der Waals surface area (Å²) in [6.07, 6.45) is 1.80. The molecular weight excluding hydrogens is 268 g/mol. The zero-order valence-electron chi connectivity index (χ0n) is 12.1. The van der Waals surface area contributed by atoms with E-state index in [0.717, 1.165) is 28.0 Å². The van der Waals surface area contributed by atoms with Crippen LogP contribution in [0, 0.1) is 6.92 Å². The Bertz CT molecular complexity index is 782. The SMILES string of the molecule is COc1cc(C)ccc1Nc1nc(OC)c2cc[nH]c2n1. The van der Waals surface area contributed by atoms with Gasteiger partial charge in [0, 0.05) is 6.20 Å². The largest absolute Gasteiger partial charge is 0.495 e. The van der Waals surface area contributed by atoms with Gasteiger partial charge in [-0.25, -0.2) is 0 Å². The van der Waals surface area contributed by atoms with Gasteiger partial charge < -0.3 is 19.8 Å². The maximum Gasteiger partial charge on any atom is 0.232 e. The molecule has 3 aromatic rings. The fourth-order valence-corrected chi connectivity index (χ4v) is 2.15. The number of aromatic amines is 1. The van der Waals surface area contributed by atoms with E-state index in [-0.39, 0.29) is 0 Å². The number of aryl methyl sites for hydroxylation is 1. The van der Waals surface area contributed by atoms with Crippen LogP contribution in [-0.2, 0) is 0 Å². The summed E-state index contributed by atoms with van der Waals surface area (Å²) in [5, 5.41) is 4.01. The van der Waals surface area contributed by atoms with Gasteiger partial charge in [0.2, 0.25) is 11.8 Å². The molecule has 2 aromatic heterocycles. The number of fused-ring (bicyclic) bond motifs is 1. The average molecular weight is 284 g/mol. The molecule has 0 saturated carbocycles. The Balaban J connectivity index is 2.01. The lowest BCUT2D eigenvalue weighted by Crippen LogP contribution is -2.01. The van der Waals surface area contributed by atoms with Crippen molar-refractivity contribution in [3.8, 4) is 11.6 Å². The molecule has 0 unspecified atom stereocenters. The zero-order chi connectivity index (χ0) is 14.8. The van der Waals surface area contributed by atoms with E-state index >= 15 is 0 Å². The summed E-state index contributed by atoms with van der Waals surface area (Å²) in [5.41, 5.74) is 2.64. The molecule has 2 N–H and O–H groups in total. The highest BCUT2D eigenvalue weighted by Gasteiger charge is 2.11. The summed E-state index contributed by atoms with van der Waals surface area (Å²) < 4.78 is 10.7. The van der Waals surface area contributed by atoms with Gasteiger partial charge in [-0.3, -0.25) is 0 Å². The molecule has 0 aliphatic carbocycles. The smallest absolute Gasteiger partial charge is 0.232 e. The van der Waals surface area contributed by atoms with Crippen LogP contribution in [0.1, 0.15) is 5.56 Å². The van der Waals surface area contributed by atoms with Crippen molar-refractivity contribution in [1.82, 2.24) is 15.0 Å². The Hall–Kier alpha value is -2.76. The topological polar surface area (TPSA) is 72.1 Å². The molecule has 0 bridgehead atoms. The number of nitrogens with zero attached hydrogens (tertiary/aromatic N) is 2. The molecule has 2 heterocycles. The van der Waals surface area contributed by atoms with Crippen LogP contribution in [0.15, 0.2) is 30.5 Å². The minimum atomic E-state index is 0.448. The second-order valence-corrected chi connectivity index (χ2v) is 4.63. The molecule has 0 spiro atoms. The molecule has 1 aromatic carbocycles. The molecule has 0 radical (unpaired) electrons. The summed E-state index contributed by atoms with van der Waals surface area (Å²) in [7, 11) is 3.22. The first kappa shape index (κ1) is 13.2. The van der Waals surface area contributed by atoms with E-state index in [1.54, 1.807) is 20.4 Å². The number of methoxy groups -OCH3 is 2. The lowest BCUT2D eigenvalue weighted by molar-refractivity contribution is 0.403. The van der Waals surface area contributed by atoms with Crippen LogP contribution >= 0.6 is 0 Å². The molecule has 3 rings (SSSR count). The van der Waals surface area contributed by atoms with Gasteiger partial charge in [0.1, 0.15) is 11.4 Å². The van der Waals surface area contributed by atoms with E-state index in [1.165, 1.54) is 0 Å². The third-order valence-electron chi connectivity index (χ3n) is 3.18. The number of hydrogen-bond donors (Lipinski definition) is 2. The third-order valence-corrected chi connectivity index (χ3v) is 3.18. The molecule has 108 valence electrons. The van der Waals surface area contributed by atoms with Crippen molar-refractivity contribution in [2.75, 3.05) is 19.5 Å². The van der Waals surface area contributed by atoms with Crippen molar-refractivity contribution in [2.45, 2.75) is 6.92 Å². The summed E-state index contributed by atoms with van der Waals surface area (Å²) in [4.78, 5) is 11.8.